The fourth-order valence-corrected chi connectivity index (χ4v) is 2.83. The number of nitrogens with zero attached hydrogens (tertiary/aromatic N) is 2. The van der Waals surface area contributed by atoms with E-state index in [1.165, 1.54) is 17.0 Å². The van der Waals surface area contributed by atoms with Gasteiger partial charge in [-0.1, -0.05) is 12.1 Å². The van der Waals surface area contributed by atoms with Crippen molar-refractivity contribution in [3.05, 3.63) is 76.4 Å². The molecule has 0 fully saturated rings. The van der Waals surface area contributed by atoms with E-state index in [4.69, 9.17) is 4.74 Å². The Morgan fingerprint density at radius 1 is 1.12 bits per heavy atom. The Bertz CT molecular complexity index is 833. The summed E-state index contributed by atoms with van der Waals surface area (Å²) in [5.74, 6) is 1.43. The largest absolute Gasteiger partial charge is 0.439 e. The third-order valence-electron chi connectivity index (χ3n) is 3.53. The molecule has 2 aromatic heterocycles. The summed E-state index contributed by atoms with van der Waals surface area (Å²) in [6.07, 6.45) is 1.73. The summed E-state index contributed by atoms with van der Waals surface area (Å²) in [7, 11) is 1.74. The van der Waals surface area contributed by atoms with Crippen LogP contribution in [-0.4, -0.2) is 18.0 Å². The normalized spacial score (nSPS) is 11.2. The predicted octanol–water partition coefficient (Wildman–Crippen LogP) is 3.94. The van der Waals surface area contributed by atoms with E-state index < -0.39 is 0 Å². The Kier molecular flexibility index (Phi) is 6.16. The number of nitrogens with one attached hydrogen (secondary N) is 2. The molecule has 26 heavy (non-hydrogen) atoms. The molecule has 7 heteroatoms. The number of guanidine groups is 1. The SMILES string of the molecule is CN=C(NCc1ccc(Oc2ccc(F)cc2)nc1)NCc1cccs1. The summed E-state index contributed by atoms with van der Waals surface area (Å²) in [5, 5.41) is 8.56. The van der Waals surface area contributed by atoms with Crippen LogP contribution in [0.15, 0.2) is 65.1 Å². The van der Waals surface area contributed by atoms with Crippen molar-refractivity contribution in [3.63, 3.8) is 0 Å². The molecule has 0 spiro atoms. The molecule has 0 saturated carbocycles. The zero-order chi connectivity index (χ0) is 18.2. The van der Waals surface area contributed by atoms with Crippen LogP contribution < -0.4 is 15.4 Å². The smallest absolute Gasteiger partial charge is 0.219 e. The Hall–Kier alpha value is -2.93. The highest BCUT2D eigenvalue weighted by Crippen LogP contribution is 2.19. The van der Waals surface area contributed by atoms with Crippen LogP contribution in [-0.2, 0) is 13.1 Å². The van der Waals surface area contributed by atoms with Gasteiger partial charge in [-0.05, 0) is 41.3 Å². The Morgan fingerprint density at radius 2 is 1.92 bits per heavy atom. The molecule has 0 saturated heterocycles. The third-order valence-corrected chi connectivity index (χ3v) is 4.40. The number of halogens is 1. The molecule has 2 heterocycles. The van der Waals surface area contributed by atoms with E-state index in [1.54, 1.807) is 42.8 Å². The van der Waals surface area contributed by atoms with Gasteiger partial charge in [-0.15, -0.1) is 11.3 Å². The van der Waals surface area contributed by atoms with Gasteiger partial charge in [0.25, 0.3) is 0 Å². The second-order valence-electron chi connectivity index (χ2n) is 5.42. The summed E-state index contributed by atoms with van der Waals surface area (Å²) < 4.78 is 18.5. The van der Waals surface area contributed by atoms with E-state index in [2.05, 4.69) is 32.1 Å². The van der Waals surface area contributed by atoms with E-state index in [0.29, 0.717) is 18.2 Å². The summed E-state index contributed by atoms with van der Waals surface area (Å²) in [4.78, 5) is 9.73. The molecule has 134 valence electrons. The zero-order valence-electron chi connectivity index (χ0n) is 14.3. The van der Waals surface area contributed by atoms with E-state index >= 15 is 0 Å². The highest BCUT2D eigenvalue weighted by atomic mass is 32.1. The first kappa shape index (κ1) is 17.9. The first-order chi connectivity index (χ1) is 12.7. The van der Waals surface area contributed by atoms with Gasteiger partial charge in [-0.3, -0.25) is 4.99 Å². The maximum atomic E-state index is 12.9. The zero-order valence-corrected chi connectivity index (χ0v) is 15.1. The van der Waals surface area contributed by atoms with E-state index in [0.717, 1.165) is 18.1 Å². The minimum absolute atomic E-state index is 0.298. The number of benzene rings is 1. The van der Waals surface area contributed by atoms with Gasteiger partial charge in [0.05, 0.1) is 6.54 Å². The number of thiophene rings is 1. The van der Waals surface area contributed by atoms with E-state index in [-0.39, 0.29) is 5.82 Å². The molecule has 1 aromatic carbocycles. The van der Waals surface area contributed by atoms with Crippen LogP contribution >= 0.6 is 11.3 Å². The quantitative estimate of drug-likeness (QED) is 0.510. The number of rotatable bonds is 6. The molecule has 0 atom stereocenters. The average Bonchev–Trinajstić information content (AvgIpc) is 3.18. The van der Waals surface area contributed by atoms with Gasteiger partial charge >= 0.3 is 0 Å². The standard InChI is InChI=1S/C19H19FN4OS/c1-21-19(24-13-17-3-2-10-26-17)23-12-14-4-9-18(22-11-14)25-16-7-5-15(20)6-8-16/h2-11H,12-13H2,1H3,(H2,21,23,24). The maximum Gasteiger partial charge on any atom is 0.219 e. The molecular weight excluding hydrogens is 351 g/mol. The molecule has 0 amide bonds. The number of aromatic nitrogens is 1. The molecule has 0 aliphatic rings. The fraction of sp³-hybridized carbons (Fsp3) is 0.158. The monoisotopic (exact) mass is 370 g/mol. The molecule has 0 unspecified atom stereocenters. The molecule has 3 rings (SSSR count). The van der Waals surface area contributed by atoms with Gasteiger partial charge in [-0.2, -0.15) is 0 Å². The van der Waals surface area contributed by atoms with Crippen molar-refractivity contribution in [2.45, 2.75) is 13.1 Å². The molecule has 3 aromatic rings. The third kappa shape index (κ3) is 5.29. The fourth-order valence-electron chi connectivity index (χ4n) is 2.19. The molecule has 0 bridgehead atoms. The Morgan fingerprint density at radius 3 is 2.58 bits per heavy atom. The van der Waals surface area contributed by atoms with Crippen molar-refractivity contribution in [1.29, 1.82) is 0 Å². The molecular formula is C19H19FN4OS. The lowest BCUT2D eigenvalue weighted by molar-refractivity contribution is 0.461. The van der Waals surface area contributed by atoms with Crippen molar-refractivity contribution >= 4 is 17.3 Å². The molecule has 0 aliphatic carbocycles. The number of pyridine rings is 1. The number of hydrogen-bond donors (Lipinski definition) is 2. The van der Waals surface area contributed by atoms with Crippen LogP contribution in [0.2, 0.25) is 0 Å². The van der Waals surface area contributed by atoms with Crippen molar-refractivity contribution in [3.8, 4) is 11.6 Å². The topological polar surface area (TPSA) is 58.5 Å². The first-order valence-corrected chi connectivity index (χ1v) is 8.96. The van der Waals surface area contributed by atoms with Crippen molar-refractivity contribution in [2.24, 2.45) is 4.99 Å². The summed E-state index contributed by atoms with van der Waals surface area (Å²) in [5.41, 5.74) is 0.996. The summed E-state index contributed by atoms with van der Waals surface area (Å²) in [6, 6.07) is 13.6. The van der Waals surface area contributed by atoms with Crippen LogP contribution in [0.5, 0.6) is 11.6 Å². The van der Waals surface area contributed by atoms with Gasteiger partial charge in [0.1, 0.15) is 11.6 Å². The van der Waals surface area contributed by atoms with Crippen molar-refractivity contribution < 1.29 is 9.13 Å². The first-order valence-electron chi connectivity index (χ1n) is 8.08. The molecule has 0 aliphatic heterocycles. The highest BCUT2D eigenvalue weighted by molar-refractivity contribution is 7.09. The van der Waals surface area contributed by atoms with Crippen LogP contribution in [0.3, 0.4) is 0 Å². The van der Waals surface area contributed by atoms with Crippen LogP contribution in [0, 0.1) is 5.82 Å². The van der Waals surface area contributed by atoms with Crippen molar-refractivity contribution in [1.82, 2.24) is 15.6 Å². The molecule has 5 nitrogen and oxygen atoms in total. The second kappa shape index (κ2) is 8.96. The van der Waals surface area contributed by atoms with Gasteiger partial charge < -0.3 is 15.4 Å². The highest BCUT2D eigenvalue weighted by Gasteiger charge is 2.02. The summed E-state index contributed by atoms with van der Waals surface area (Å²) >= 11 is 1.70. The maximum absolute atomic E-state index is 12.9. The lowest BCUT2D eigenvalue weighted by atomic mass is 10.3. The van der Waals surface area contributed by atoms with Crippen LogP contribution in [0.4, 0.5) is 4.39 Å². The second-order valence-corrected chi connectivity index (χ2v) is 6.45. The van der Waals surface area contributed by atoms with Gasteiger partial charge in [0.15, 0.2) is 5.96 Å². The lowest BCUT2D eigenvalue weighted by Gasteiger charge is -2.11. The predicted molar refractivity (Wildman–Crippen MR) is 102 cm³/mol. The molecule has 2 N–H and O–H groups in total. The van der Waals surface area contributed by atoms with Gasteiger partial charge in [-0.25, -0.2) is 9.37 Å². The molecule has 0 radical (unpaired) electrons. The minimum atomic E-state index is -0.298. The lowest BCUT2D eigenvalue weighted by Crippen LogP contribution is -2.36. The average molecular weight is 370 g/mol. The Balaban J connectivity index is 1.49. The number of hydrogen-bond acceptors (Lipinski definition) is 4. The minimum Gasteiger partial charge on any atom is -0.439 e. The van der Waals surface area contributed by atoms with E-state index in [1.807, 2.05) is 12.1 Å². The van der Waals surface area contributed by atoms with Gasteiger partial charge in [0, 0.05) is 30.7 Å². The Labute approximate surface area is 155 Å². The van der Waals surface area contributed by atoms with Crippen LogP contribution in [0.1, 0.15) is 10.4 Å². The number of ether oxygens (including phenoxy) is 1. The number of aliphatic imine (C=N–C) groups is 1. The van der Waals surface area contributed by atoms with E-state index in [9.17, 15) is 4.39 Å². The van der Waals surface area contributed by atoms with Gasteiger partial charge in [0.2, 0.25) is 5.88 Å². The van der Waals surface area contributed by atoms with Crippen molar-refractivity contribution in [2.75, 3.05) is 7.05 Å². The van der Waals surface area contributed by atoms with Crippen LogP contribution in [0.25, 0.3) is 0 Å². The summed E-state index contributed by atoms with van der Waals surface area (Å²) in [6.45, 7) is 1.33.